The number of ether oxygens (including phenoxy) is 2. The Labute approximate surface area is 145 Å². The van der Waals surface area contributed by atoms with Gasteiger partial charge in [0.1, 0.15) is 13.2 Å². The summed E-state index contributed by atoms with van der Waals surface area (Å²) in [7, 11) is 0. The molecule has 0 amide bonds. The lowest BCUT2D eigenvalue weighted by molar-refractivity contribution is -0.344. The monoisotopic (exact) mass is 372 g/mol. The Bertz CT molecular complexity index is 333. The summed E-state index contributed by atoms with van der Waals surface area (Å²) in [5, 5.41) is 48.3. The van der Waals surface area contributed by atoms with E-state index in [0.717, 1.165) is 12.8 Å². The molecule has 0 aromatic rings. The van der Waals surface area contributed by atoms with Gasteiger partial charge >= 0.3 is 23.9 Å². The van der Waals surface area contributed by atoms with Crippen molar-refractivity contribution in [3.63, 3.8) is 0 Å². The van der Waals surface area contributed by atoms with Crippen molar-refractivity contribution in [1.29, 1.82) is 0 Å². The number of rotatable bonds is 11. The van der Waals surface area contributed by atoms with E-state index >= 15 is 0 Å². The lowest BCUT2D eigenvalue weighted by Gasteiger charge is -2.23. The summed E-state index contributed by atoms with van der Waals surface area (Å²) in [6.45, 7) is 2.68. The standard InChI is InChI=1S/C10H20O5.2C2H4O3/c1-3-5-7-14-10(13,9(11)12)15-8-6-4-2;2*3-1-2(4)5/h13H,3-8H2,1-2H3,(H,11,12);2*3H,1H2,(H,4,5). The minimum atomic E-state index is -2.48. The molecule has 0 heterocycles. The molecule has 0 spiro atoms. The van der Waals surface area contributed by atoms with Gasteiger partial charge in [-0.3, -0.25) is 0 Å². The Hall–Kier alpha value is -1.79. The zero-order chi connectivity index (χ0) is 20.3. The van der Waals surface area contributed by atoms with E-state index in [4.69, 9.17) is 44.6 Å². The van der Waals surface area contributed by atoms with Crippen LogP contribution in [0.15, 0.2) is 0 Å². The third-order valence-corrected chi connectivity index (χ3v) is 2.13. The van der Waals surface area contributed by atoms with Crippen molar-refractivity contribution in [1.82, 2.24) is 0 Å². The van der Waals surface area contributed by atoms with Crippen molar-refractivity contribution >= 4 is 17.9 Å². The summed E-state index contributed by atoms with van der Waals surface area (Å²) in [6, 6.07) is 0. The highest BCUT2D eigenvalue weighted by atomic mass is 16.8. The van der Waals surface area contributed by atoms with Gasteiger partial charge in [-0.2, -0.15) is 0 Å². The number of carboxylic acids is 3. The number of aliphatic hydroxyl groups excluding tert-OH is 2. The Kier molecular flexibility index (Phi) is 20.8. The molecule has 150 valence electrons. The second kappa shape index (κ2) is 18.5. The van der Waals surface area contributed by atoms with Crippen LogP contribution in [0.5, 0.6) is 0 Å². The average Bonchev–Trinajstić information content (AvgIpc) is 2.56. The zero-order valence-electron chi connectivity index (χ0n) is 14.4. The van der Waals surface area contributed by atoms with Crippen LogP contribution >= 0.6 is 0 Å². The molecule has 11 nitrogen and oxygen atoms in total. The fourth-order valence-electron chi connectivity index (χ4n) is 0.875. The molecule has 0 aliphatic carbocycles. The fraction of sp³-hybridized carbons (Fsp3) is 0.786. The fourth-order valence-corrected chi connectivity index (χ4v) is 0.875. The summed E-state index contributed by atoms with van der Waals surface area (Å²) >= 11 is 0. The topological polar surface area (TPSA) is 191 Å². The molecule has 0 aromatic carbocycles. The van der Waals surface area contributed by atoms with Crippen LogP contribution in [0.4, 0.5) is 0 Å². The average molecular weight is 372 g/mol. The minimum Gasteiger partial charge on any atom is -0.480 e. The first-order chi connectivity index (χ1) is 11.6. The van der Waals surface area contributed by atoms with Crippen LogP contribution in [0, 0.1) is 0 Å². The number of carboxylic acid groups (broad SMARTS) is 3. The highest BCUT2D eigenvalue weighted by molar-refractivity contribution is 5.73. The molecule has 0 rings (SSSR count). The first-order valence-electron chi connectivity index (χ1n) is 7.50. The molecule has 0 aliphatic heterocycles. The Morgan fingerprint density at radius 1 is 0.800 bits per heavy atom. The van der Waals surface area contributed by atoms with E-state index in [0.29, 0.717) is 12.8 Å². The molecule has 0 radical (unpaired) electrons. The molecule has 0 aliphatic rings. The van der Waals surface area contributed by atoms with Gasteiger partial charge in [-0.15, -0.1) is 0 Å². The van der Waals surface area contributed by atoms with Crippen molar-refractivity contribution < 1.29 is 54.5 Å². The molecule has 6 N–H and O–H groups in total. The van der Waals surface area contributed by atoms with E-state index in [1.165, 1.54) is 0 Å². The second-order valence-corrected chi connectivity index (χ2v) is 4.39. The molecule has 25 heavy (non-hydrogen) atoms. The van der Waals surface area contributed by atoms with Crippen molar-refractivity contribution in [2.75, 3.05) is 26.4 Å². The van der Waals surface area contributed by atoms with Crippen LogP contribution in [0.2, 0.25) is 0 Å². The van der Waals surface area contributed by atoms with Crippen molar-refractivity contribution in [3.05, 3.63) is 0 Å². The van der Waals surface area contributed by atoms with E-state index in [1.54, 1.807) is 0 Å². The predicted molar refractivity (Wildman–Crippen MR) is 83.7 cm³/mol. The number of carbonyl (C=O) groups is 3. The van der Waals surface area contributed by atoms with Crippen molar-refractivity contribution in [2.24, 2.45) is 0 Å². The van der Waals surface area contributed by atoms with Gasteiger partial charge in [0.2, 0.25) is 0 Å². The van der Waals surface area contributed by atoms with Gasteiger partial charge in [0.25, 0.3) is 0 Å². The number of hydrogen-bond donors (Lipinski definition) is 6. The zero-order valence-corrected chi connectivity index (χ0v) is 14.4. The molecule has 0 unspecified atom stereocenters. The Morgan fingerprint density at radius 2 is 1.08 bits per heavy atom. The molecule has 0 fully saturated rings. The van der Waals surface area contributed by atoms with E-state index in [2.05, 4.69) is 0 Å². The molecule has 11 heteroatoms. The smallest absolute Gasteiger partial charge is 0.395 e. The Morgan fingerprint density at radius 3 is 1.24 bits per heavy atom. The summed E-state index contributed by atoms with van der Waals surface area (Å²) in [4.78, 5) is 28.9. The first-order valence-corrected chi connectivity index (χ1v) is 7.50. The second-order valence-electron chi connectivity index (χ2n) is 4.39. The normalized spacial score (nSPS) is 9.96. The van der Waals surface area contributed by atoms with Gasteiger partial charge in [-0.25, -0.2) is 14.4 Å². The van der Waals surface area contributed by atoms with E-state index < -0.39 is 37.1 Å². The van der Waals surface area contributed by atoms with Crippen molar-refractivity contribution in [3.8, 4) is 0 Å². The van der Waals surface area contributed by atoms with Gasteiger partial charge in [0.05, 0.1) is 13.2 Å². The minimum absolute atomic E-state index is 0.172. The quantitative estimate of drug-likeness (QED) is 0.202. The summed E-state index contributed by atoms with van der Waals surface area (Å²) < 4.78 is 9.62. The van der Waals surface area contributed by atoms with Gasteiger partial charge < -0.3 is 40.1 Å². The van der Waals surface area contributed by atoms with Crippen LogP contribution in [0.3, 0.4) is 0 Å². The first kappa shape index (κ1) is 28.0. The van der Waals surface area contributed by atoms with Gasteiger partial charge in [0, 0.05) is 0 Å². The predicted octanol–water partition coefficient (Wildman–Crippen LogP) is -0.523. The molecule has 0 saturated heterocycles. The summed E-state index contributed by atoms with van der Waals surface area (Å²) in [6.07, 6.45) is 3.11. The van der Waals surface area contributed by atoms with Gasteiger partial charge in [-0.1, -0.05) is 26.7 Å². The maximum Gasteiger partial charge on any atom is 0.395 e. The largest absolute Gasteiger partial charge is 0.480 e. The van der Waals surface area contributed by atoms with Crippen LogP contribution < -0.4 is 0 Å². The maximum atomic E-state index is 10.7. The third kappa shape index (κ3) is 22.2. The number of hydrogen-bond acceptors (Lipinski definition) is 8. The third-order valence-electron chi connectivity index (χ3n) is 2.13. The van der Waals surface area contributed by atoms with E-state index in [-0.39, 0.29) is 13.2 Å². The summed E-state index contributed by atoms with van der Waals surface area (Å²) in [5.41, 5.74) is 0. The molecule has 0 bridgehead atoms. The lowest BCUT2D eigenvalue weighted by Crippen LogP contribution is -2.44. The summed E-state index contributed by atoms with van der Waals surface area (Å²) in [5.74, 6) is -6.37. The molecule has 0 aromatic heterocycles. The lowest BCUT2D eigenvalue weighted by atomic mass is 10.3. The SMILES string of the molecule is CCCCOC(O)(OCCCC)C(=O)O.O=C(O)CO.O=C(O)CO. The van der Waals surface area contributed by atoms with Crippen LogP contribution in [0.25, 0.3) is 0 Å². The van der Waals surface area contributed by atoms with Crippen LogP contribution in [0.1, 0.15) is 39.5 Å². The Balaban J connectivity index is -0.000000396. The van der Waals surface area contributed by atoms with E-state index in [9.17, 15) is 9.90 Å². The van der Waals surface area contributed by atoms with Gasteiger partial charge in [0.15, 0.2) is 0 Å². The number of unbranched alkanes of at least 4 members (excludes halogenated alkanes) is 2. The van der Waals surface area contributed by atoms with Crippen molar-refractivity contribution in [2.45, 2.75) is 45.5 Å². The van der Waals surface area contributed by atoms with Gasteiger partial charge in [-0.05, 0) is 12.8 Å². The molecule has 0 atom stereocenters. The molecular weight excluding hydrogens is 344 g/mol. The number of aliphatic carboxylic acids is 3. The maximum absolute atomic E-state index is 10.7. The van der Waals surface area contributed by atoms with E-state index in [1.807, 2.05) is 13.8 Å². The highest BCUT2D eigenvalue weighted by Gasteiger charge is 2.38. The molecule has 0 saturated carbocycles. The highest BCUT2D eigenvalue weighted by Crippen LogP contribution is 2.11. The number of aliphatic hydroxyl groups is 3. The molecular formula is C14H28O11. The van der Waals surface area contributed by atoms with Crippen LogP contribution in [-0.2, 0) is 23.9 Å². The van der Waals surface area contributed by atoms with Crippen LogP contribution in [-0.4, -0.2) is 80.9 Å².